The average molecular weight is 313 g/mol. The van der Waals surface area contributed by atoms with Crippen LogP contribution in [0.5, 0.6) is 0 Å². The molecular weight excluding hydrogens is 294 g/mol. The van der Waals surface area contributed by atoms with Crippen molar-refractivity contribution in [3.05, 3.63) is 28.8 Å². The van der Waals surface area contributed by atoms with Gasteiger partial charge in [-0.3, -0.25) is 0 Å². The Balaban J connectivity index is 2.21. The molecule has 1 aliphatic heterocycles. The molecule has 1 aromatic rings. The van der Waals surface area contributed by atoms with Gasteiger partial charge < -0.3 is 9.47 Å². The van der Waals surface area contributed by atoms with Crippen molar-refractivity contribution >= 4 is 16.0 Å². The summed E-state index contributed by atoms with van der Waals surface area (Å²) >= 11 is 0. The van der Waals surface area contributed by atoms with E-state index in [4.69, 9.17) is 14.6 Å². The summed E-state index contributed by atoms with van der Waals surface area (Å²) in [5.74, 6) is -0.559. The first-order valence-corrected chi connectivity index (χ1v) is 8.26. The molecule has 0 saturated carbocycles. The molecule has 0 amide bonds. The van der Waals surface area contributed by atoms with Gasteiger partial charge in [0.1, 0.15) is 6.61 Å². The number of rotatable bonds is 4. The molecular formula is C14H19NO5S. The molecule has 1 unspecified atom stereocenters. The van der Waals surface area contributed by atoms with Crippen molar-refractivity contribution in [1.29, 1.82) is 0 Å². The van der Waals surface area contributed by atoms with E-state index in [2.05, 4.69) is 0 Å². The minimum absolute atomic E-state index is 0.0724. The van der Waals surface area contributed by atoms with Crippen LogP contribution in [-0.2, 0) is 19.5 Å². The second-order valence-electron chi connectivity index (χ2n) is 5.19. The first-order valence-electron chi connectivity index (χ1n) is 6.72. The monoisotopic (exact) mass is 313 g/mol. The molecule has 1 atom stereocenters. The molecule has 1 saturated heterocycles. The fourth-order valence-electron chi connectivity index (χ4n) is 2.22. The fourth-order valence-corrected chi connectivity index (χ4v) is 2.85. The lowest BCUT2D eigenvalue weighted by Crippen LogP contribution is -2.19. The van der Waals surface area contributed by atoms with Gasteiger partial charge >= 0.3 is 5.97 Å². The fraction of sp³-hybridized carbons (Fsp3) is 0.500. The molecule has 21 heavy (non-hydrogen) atoms. The number of nitrogens with two attached hydrogens (primary N) is 1. The zero-order valence-electron chi connectivity index (χ0n) is 12.1. The number of sulfonamides is 1. The summed E-state index contributed by atoms with van der Waals surface area (Å²) in [5, 5.41) is 5.12. The van der Waals surface area contributed by atoms with Gasteiger partial charge in [0.05, 0.1) is 16.6 Å². The van der Waals surface area contributed by atoms with Crippen LogP contribution in [0.3, 0.4) is 0 Å². The van der Waals surface area contributed by atoms with Crippen molar-refractivity contribution in [2.24, 2.45) is 5.14 Å². The highest BCUT2D eigenvalue weighted by Crippen LogP contribution is 2.21. The van der Waals surface area contributed by atoms with E-state index in [0.29, 0.717) is 17.7 Å². The second kappa shape index (κ2) is 6.13. The maximum absolute atomic E-state index is 12.1. The Labute approximate surface area is 124 Å². The van der Waals surface area contributed by atoms with E-state index in [9.17, 15) is 13.2 Å². The van der Waals surface area contributed by atoms with E-state index in [1.165, 1.54) is 12.1 Å². The minimum Gasteiger partial charge on any atom is -0.459 e. The number of ether oxygens (including phenoxy) is 2. The molecule has 2 rings (SSSR count). The van der Waals surface area contributed by atoms with Crippen molar-refractivity contribution in [1.82, 2.24) is 0 Å². The van der Waals surface area contributed by atoms with E-state index in [-0.39, 0.29) is 23.2 Å². The van der Waals surface area contributed by atoms with Crippen LogP contribution in [0.4, 0.5) is 0 Å². The van der Waals surface area contributed by atoms with Crippen molar-refractivity contribution in [2.75, 3.05) is 13.2 Å². The summed E-state index contributed by atoms with van der Waals surface area (Å²) in [6.45, 7) is 4.32. The maximum Gasteiger partial charge on any atom is 0.338 e. The van der Waals surface area contributed by atoms with E-state index >= 15 is 0 Å². The van der Waals surface area contributed by atoms with Gasteiger partial charge in [-0.05, 0) is 49.9 Å². The molecule has 6 nitrogen and oxygen atoms in total. The van der Waals surface area contributed by atoms with Crippen LogP contribution in [0.15, 0.2) is 17.0 Å². The molecule has 0 aliphatic carbocycles. The average Bonchev–Trinajstić information content (AvgIpc) is 2.91. The quantitative estimate of drug-likeness (QED) is 0.845. The molecule has 0 bridgehead atoms. The normalized spacial score (nSPS) is 18.7. The van der Waals surface area contributed by atoms with Crippen LogP contribution in [0.2, 0.25) is 0 Å². The number of carbonyl (C=O) groups is 1. The molecule has 0 spiro atoms. The molecule has 0 radical (unpaired) electrons. The largest absolute Gasteiger partial charge is 0.459 e. The van der Waals surface area contributed by atoms with Gasteiger partial charge in [0.25, 0.3) is 0 Å². The van der Waals surface area contributed by atoms with Crippen LogP contribution in [0, 0.1) is 13.8 Å². The zero-order valence-corrected chi connectivity index (χ0v) is 12.9. The Hall–Kier alpha value is -1.44. The highest BCUT2D eigenvalue weighted by atomic mass is 32.2. The third kappa shape index (κ3) is 3.81. The van der Waals surface area contributed by atoms with Gasteiger partial charge in [-0.2, -0.15) is 0 Å². The Morgan fingerprint density at radius 3 is 2.71 bits per heavy atom. The standard InChI is InChI=1S/C14H19NO5S/c1-9-6-12(21(15,17)18)7-13(10(9)2)14(16)20-8-11-4-3-5-19-11/h6-7,11H,3-5,8H2,1-2H3,(H2,15,17,18). The van der Waals surface area contributed by atoms with Gasteiger partial charge in [0.2, 0.25) is 10.0 Å². The van der Waals surface area contributed by atoms with Crippen LogP contribution in [-0.4, -0.2) is 33.7 Å². The van der Waals surface area contributed by atoms with Crippen molar-refractivity contribution in [3.8, 4) is 0 Å². The predicted molar refractivity (Wildman–Crippen MR) is 76.5 cm³/mol. The first-order chi connectivity index (χ1) is 9.79. The molecule has 1 aromatic carbocycles. The van der Waals surface area contributed by atoms with Gasteiger partial charge in [-0.25, -0.2) is 18.4 Å². The summed E-state index contributed by atoms with van der Waals surface area (Å²) in [4.78, 5) is 12.1. The summed E-state index contributed by atoms with van der Waals surface area (Å²) in [6.07, 6.45) is 1.75. The van der Waals surface area contributed by atoms with E-state index in [1.54, 1.807) is 13.8 Å². The van der Waals surface area contributed by atoms with Crippen LogP contribution < -0.4 is 5.14 Å². The van der Waals surface area contributed by atoms with E-state index in [0.717, 1.165) is 12.8 Å². The smallest absolute Gasteiger partial charge is 0.338 e. The van der Waals surface area contributed by atoms with Crippen molar-refractivity contribution in [3.63, 3.8) is 0 Å². The van der Waals surface area contributed by atoms with Gasteiger partial charge in [-0.15, -0.1) is 0 Å². The van der Waals surface area contributed by atoms with Crippen LogP contribution >= 0.6 is 0 Å². The molecule has 1 heterocycles. The first kappa shape index (κ1) is 15.9. The third-order valence-electron chi connectivity index (χ3n) is 3.61. The highest BCUT2D eigenvalue weighted by molar-refractivity contribution is 7.89. The molecule has 1 aliphatic rings. The topological polar surface area (TPSA) is 95.7 Å². The van der Waals surface area contributed by atoms with Gasteiger partial charge in [-0.1, -0.05) is 0 Å². The number of aryl methyl sites for hydroxylation is 1. The lowest BCUT2D eigenvalue weighted by Gasteiger charge is -2.13. The maximum atomic E-state index is 12.1. The molecule has 1 fully saturated rings. The number of carbonyl (C=O) groups excluding carboxylic acids is 1. The minimum atomic E-state index is -3.86. The number of hydrogen-bond donors (Lipinski definition) is 1. The van der Waals surface area contributed by atoms with Gasteiger partial charge in [0.15, 0.2) is 0 Å². The predicted octanol–water partition coefficient (Wildman–Crippen LogP) is 1.29. The molecule has 7 heteroatoms. The van der Waals surface area contributed by atoms with E-state index in [1.807, 2.05) is 0 Å². The number of hydrogen-bond acceptors (Lipinski definition) is 5. The summed E-state index contributed by atoms with van der Waals surface area (Å²) in [6, 6.07) is 2.71. The third-order valence-corrected chi connectivity index (χ3v) is 4.51. The molecule has 116 valence electrons. The van der Waals surface area contributed by atoms with Crippen LogP contribution in [0.1, 0.15) is 34.3 Å². The Morgan fingerprint density at radius 2 is 2.14 bits per heavy atom. The zero-order chi connectivity index (χ0) is 15.6. The Morgan fingerprint density at radius 1 is 1.43 bits per heavy atom. The lowest BCUT2D eigenvalue weighted by molar-refractivity contribution is 0.0160. The molecule has 2 N–H and O–H groups in total. The lowest BCUT2D eigenvalue weighted by atomic mass is 10.0. The number of primary sulfonamides is 1. The summed E-state index contributed by atoms with van der Waals surface area (Å²) < 4.78 is 33.5. The van der Waals surface area contributed by atoms with Gasteiger partial charge in [0, 0.05) is 6.61 Å². The highest BCUT2D eigenvalue weighted by Gasteiger charge is 2.21. The van der Waals surface area contributed by atoms with Crippen molar-refractivity contribution in [2.45, 2.75) is 37.7 Å². The Bertz CT molecular complexity index is 648. The summed E-state index contributed by atoms with van der Waals surface area (Å²) in [5.41, 5.74) is 1.57. The molecule has 0 aromatic heterocycles. The van der Waals surface area contributed by atoms with E-state index < -0.39 is 16.0 Å². The number of esters is 1. The SMILES string of the molecule is Cc1cc(S(N)(=O)=O)cc(C(=O)OCC2CCCO2)c1C. The van der Waals surface area contributed by atoms with Crippen molar-refractivity contribution < 1.29 is 22.7 Å². The number of benzene rings is 1. The Kier molecular flexibility index (Phi) is 4.65. The van der Waals surface area contributed by atoms with Crippen LogP contribution in [0.25, 0.3) is 0 Å². The second-order valence-corrected chi connectivity index (χ2v) is 6.75. The summed E-state index contributed by atoms with van der Waals surface area (Å²) in [7, 11) is -3.86.